The highest BCUT2D eigenvalue weighted by molar-refractivity contribution is 9.10. The Labute approximate surface area is 130 Å². The van der Waals surface area contributed by atoms with E-state index in [0.29, 0.717) is 27.0 Å². The molecule has 0 aliphatic rings. The van der Waals surface area contributed by atoms with E-state index in [1.165, 1.54) is 6.07 Å². The molecule has 0 atom stereocenters. The van der Waals surface area contributed by atoms with Gasteiger partial charge in [-0.25, -0.2) is 14.4 Å². The van der Waals surface area contributed by atoms with Crippen molar-refractivity contribution >= 4 is 39.0 Å². The van der Waals surface area contributed by atoms with Crippen LogP contribution in [0.15, 0.2) is 22.7 Å². The molecule has 0 radical (unpaired) electrons. The van der Waals surface area contributed by atoms with E-state index in [4.69, 9.17) is 11.6 Å². The Morgan fingerprint density at radius 1 is 1.25 bits per heavy atom. The maximum atomic E-state index is 13.6. The molecule has 2 rings (SSSR count). The van der Waals surface area contributed by atoms with Gasteiger partial charge in [-0.2, -0.15) is 0 Å². The lowest BCUT2D eigenvalue weighted by Crippen LogP contribution is -2.03. The van der Waals surface area contributed by atoms with E-state index in [1.54, 1.807) is 12.1 Å². The molecule has 0 fully saturated rings. The monoisotopic (exact) mass is 357 g/mol. The van der Waals surface area contributed by atoms with Crippen LogP contribution in [0, 0.1) is 12.7 Å². The molecule has 0 unspecified atom stereocenters. The number of benzene rings is 1. The molecule has 1 aromatic carbocycles. The van der Waals surface area contributed by atoms with Crippen molar-refractivity contribution in [2.45, 2.75) is 26.7 Å². The first-order valence-electron chi connectivity index (χ1n) is 6.14. The molecule has 1 N–H and O–H groups in total. The van der Waals surface area contributed by atoms with E-state index in [2.05, 4.69) is 31.2 Å². The fourth-order valence-electron chi connectivity index (χ4n) is 1.68. The van der Waals surface area contributed by atoms with Crippen molar-refractivity contribution in [3.8, 4) is 0 Å². The van der Waals surface area contributed by atoms with Crippen LogP contribution in [0.3, 0.4) is 0 Å². The zero-order valence-electron chi connectivity index (χ0n) is 11.3. The SMILES string of the molecule is Cc1cc(Br)c(F)cc1Nc1cc(Cl)nc(C(C)C)n1. The minimum atomic E-state index is -0.331. The third-order valence-electron chi connectivity index (χ3n) is 2.76. The van der Waals surface area contributed by atoms with E-state index in [1.807, 2.05) is 20.8 Å². The van der Waals surface area contributed by atoms with Crippen LogP contribution < -0.4 is 5.32 Å². The molecular formula is C14H14BrClFN3. The van der Waals surface area contributed by atoms with Crippen molar-refractivity contribution in [3.63, 3.8) is 0 Å². The molecule has 0 aliphatic carbocycles. The standard InChI is InChI=1S/C14H14BrClFN3/c1-7(2)14-19-12(16)6-13(20-14)18-11-5-10(17)9(15)4-8(11)3/h4-7H,1-3H3,(H,18,19,20). The van der Waals surface area contributed by atoms with Gasteiger partial charge in [-0.1, -0.05) is 25.4 Å². The van der Waals surface area contributed by atoms with Gasteiger partial charge in [0.15, 0.2) is 0 Å². The van der Waals surface area contributed by atoms with Gasteiger partial charge < -0.3 is 5.32 Å². The van der Waals surface area contributed by atoms with E-state index in [0.717, 1.165) is 5.56 Å². The van der Waals surface area contributed by atoms with Gasteiger partial charge in [0, 0.05) is 17.7 Å². The van der Waals surface area contributed by atoms with Gasteiger partial charge in [0.2, 0.25) is 0 Å². The van der Waals surface area contributed by atoms with E-state index >= 15 is 0 Å². The number of aryl methyl sites for hydroxylation is 1. The summed E-state index contributed by atoms with van der Waals surface area (Å²) in [7, 11) is 0. The van der Waals surface area contributed by atoms with Crippen molar-refractivity contribution in [2.75, 3.05) is 5.32 Å². The number of nitrogens with zero attached hydrogens (tertiary/aromatic N) is 2. The van der Waals surface area contributed by atoms with Crippen molar-refractivity contribution in [2.24, 2.45) is 0 Å². The van der Waals surface area contributed by atoms with Crippen LogP contribution in [0.25, 0.3) is 0 Å². The van der Waals surface area contributed by atoms with Crippen molar-refractivity contribution in [1.29, 1.82) is 0 Å². The molecule has 3 nitrogen and oxygen atoms in total. The first kappa shape index (κ1) is 15.2. The molecule has 0 spiro atoms. The molecule has 1 heterocycles. The number of aromatic nitrogens is 2. The highest BCUT2D eigenvalue weighted by Crippen LogP contribution is 2.27. The Balaban J connectivity index is 2.37. The number of hydrogen-bond donors (Lipinski definition) is 1. The van der Waals surface area contributed by atoms with Crippen molar-refractivity contribution in [3.05, 3.63) is 45.0 Å². The van der Waals surface area contributed by atoms with Gasteiger partial charge in [-0.15, -0.1) is 0 Å². The molecule has 6 heteroatoms. The van der Waals surface area contributed by atoms with Crippen LogP contribution in [-0.4, -0.2) is 9.97 Å². The number of rotatable bonds is 3. The van der Waals surface area contributed by atoms with Gasteiger partial charge in [0.05, 0.1) is 4.47 Å². The molecule has 0 saturated carbocycles. The second-order valence-electron chi connectivity index (χ2n) is 4.80. The lowest BCUT2D eigenvalue weighted by Gasteiger charge is -2.12. The minimum Gasteiger partial charge on any atom is -0.340 e. The molecule has 2 aromatic rings. The maximum Gasteiger partial charge on any atom is 0.139 e. The van der Waals surface area contributed by atoms with Gasteiger partial charge in [0.1, 0.15) is 22.6 Å². The lowest BCUT2D eigenvalue weighted by molar-refractivity contribution is 0.621. The van der Waals surface area contributed by atoms with Gasteiger partial charge in [-0.05, 0) is 40.5 Å². The summed E-state index contributed by atoms with van der Waals surface area (Å²) < 4.78 is 14.0. The molecule has 1 aromatic heterocycles. The van der Waals surface area contributed by atoms with Crippen LogP contribution >= 0.6 is 27.5 Å². The van der Waals surface area contributed by atoms with Crippen LogP contribution in [0.2, 0.25) is 5.15 Å². The number of nitrogens with one attached hydrogen (secondary N) is 1. The molecule has 0 saturated heterocycles. The van der Waals surface area contributed by atoms with Crippen LogP contribution in [-0.2, 0) is 0 Å². The maximum absolute atomic E-state index is 13.6. The zero-order valence-corrected chi connectivity index (χ0v) is 13.7. The van der Waals surface area contributed by atoms with Crippen molar-refractivity contribution in [1.82, 2.24) is 9.97 Å². The van der Waals surface area contributed by atoms with Crippen LogP contribution in [0.1, 0.15) is 31.2 Å². The third kappa shape index (κ3) is 3.46. The molecule has 20 heavy (non-hydrogen) atoms. The molecule has 0 bridgehead atoms. The smallest absolute Gasteiger partial charge is 0.139 e. The van der Waals surface area contributed by atoms with E-state index in [9.17, 15) is 4.39 Å². The van der Waals surface area contributed by atoms with Gasteiger partial charge in [-0.3, -0.25) is 0 Å². The summed E-state index contributed by atoms with van der Waals surface area (Å²) in [6.45, 7) is 5.86. The molecule has 0 amide bonds. The second-order valence-corrected chi connectivity index (χ2v) is 6.04. The number of hydrogen-bond acceptors (Lipinski definition) is 3. The van der Waals surface area contributed by atoms with Gasteiger partial charge in [0.25, 0.3) is 0 Å². The van der Waals surface area contributed by atoms with Crippen LogP contribution in [0.4, 0.5) is 15.9 Å². The average Bonchev–Trinajstić information content (AvgIpc) is 2.35. The Bertz CT molecular complexity index is 647. The second kappa shape index (κ2) is 6.06. The largest absolute Gasteiger partial charge is 0.340 e. The zero-order chi connectivity index (χ0) is 14.9. The first-order chi connectivity index (χ1) is 9.36. The Morgan fingerprint density at radius 3 is 2.60 bits per heavy atom. The molecular weight excluding hydrogens is 345 g/mol. The predicted octanol–water partition coefficient (Wildman–Crippen LogP) is 5.21. The Morgan fingerprint density at radius 2 is 1.95 bits per heavy atom. The summed E-state index contributed by atoms with van der Waals surface area (Å²) in [5, 5.41) is 3.44. The number of anilines is 2. The summed E-state index contributed by atoms with van der Waals surface area (Å²) in [5.74, 6) is 1.04. The Hall–Kier alpha value is -1.20. The molecule has 0 aliphatic heterocycles. The summed E-state index contributed by atoms with van der Waals surface area (Å²) >= 11 is 9.14. The number of halogens is 3. The third-order valence-corrected chi connectivity index (χ3v) is 3.56. The van der Waals surface area contributed by atoms with E-state index < -0.39 is 0 Å². The minimum absolute atomic E-state index is 0.164. The quantitative estimate of drug-likeness (QED) is 0.766. The topological polar surface area (TPSA) is 37.8 Å². The normalized spacial score (nSPS) is 10.9. The fraction of sp³-hybridized carbons (Fsp3) is 0.286. The van der Waals surface area contributed by atoms with E-state index in [-0.39, 0.29) is 11.7 Å². The summed E-state index contributed by atoms with van der Waals surface area (Å²) in [5.41, 5.74) is 1.55. The predicted molar refractivity (Wildman–Crippen MR) is 83.3 cm³/mol. The summed E-state index contributed by atoms with van der Waals surface area (Å²) in [6.07, 6.45) is 0. The Kier molecular flexibility index (Phi) is 4.60. The fourth-order valence-corrected chi connectivity index (χ4v) is 2.32. The van der Waals surface area contributed by atoms with Gasteiger partial charge >= 0.3 is 0 Å². The average molecular weight is 359 g/mol. The van der Waals surface area contributed by atoms with Crippen LogP contribution in [0.5, 0.6) is 0 Å². The summed E-state index contributed by atoms with van der Waals surface area (Å²) in [4.78, 5) is 8.54. The summed E-state index contributed by atoms with van der Waals surface area (Å²) in [6, 6.07) is 4.75. The lowest BCUT2D eigenvalue weighted by atomic mass is 10.2. The highest BCUT2D eigenvalue weighted by atomic mass is 79.9. The highest BCUT2D eigenvalue weighted by Gasteiger charge is 2.10. The van der Waals surface area contributed by atoms with Crippen molar-refractivity contribution < 1.29 is 4.39 Å². The molecule has 106 valence electrons. The first-order valence-corrected chi connectivity index (χ1v) is 7.31.